The van der Waals surface area contributed by atoms with Gasteiger partial charge in [-0.15, -0.1) is 0 Å². The number of fused-ring (bicyclic) bond motifs is 3. The van der Waals surface area contributed by atoms with Crippen molar-refractivity contribution in [3.05, 3.63) is 23.8 Å². The van der Waals surface area contributed by atoms with Crippen LogP contribution in [0.3, 0.4) is 0 Å². The van der Waals surface area contributed by atoms with E-state index in [4.69, 9.17) is 14.2 Å². The number of aromatic nitrogens is 1. The molecular weight excluding hydrogens is 256 g/mol. The van der Waals surface area contributed by atoms with E-state index in [1.807, 2.05) is 12.1 Å². The smallest absolute Gasteiger partial charge is 0.231 e. The summed E-state index contributed by atoms with van der Waals surface area (Å²) in [6.07, 6.45) is 1.14. The molecule has 0 radical (unpaired) electrons. The molecule has 1 unspecified atom stereocenters. The molecule has 0 aliphatic carbocycles. The number of nitrogens with zero attached hydrogens (tertiary/aromatic N) is 1. The molecule has 2 aromatic rings. The van der Waals surface area contributed by atoms with Crippen LogP contribution in [0.5, 0.6) is 17.4 Å². The van der Waals surface area contributed by atoms with Crippen molar-refractivity contribution in [2.24, 2.45) is 0 Å². The average Bonchev–Trinajstić information content (AvgIpc) is 2.81. The lowest BCUT2D eigenvalue weighted by Gasteiger charge is -2.14. The Labute approximate surface area is 116 Å². The summed E-state index contributed by atoms with van der Waals surface area (Å²) in [7, 11) is 0. The molecular formula is C15H16N2O3. The van der Waals surface area contributed by atoms with Gasteiger partial charge in [-0.1, -0.05) is 6.92 Å². The number of pyridine rings is 1. The summed E-state index contributed by atoms with van der Waals surface area (Å²) < 4.78 is 16.8. The lowest BCUT2D eigenvalue weighted by molar-refractivity contribution is 0.174. The number of hydrogen-bond donors (Lipinski definition) is 1. The molecule has 1 aromatic carbocycles. The Morgan fingerprint density at radius 3 is 2.95 bits per heavy atom. The van der Waals surface area contributed by atoms with Gasteiger partial charge in [0.15, 0.2) is 11.5 Å². The molecule has 5 heteroatoms. The van der Waals surface area contributed by atoms with E-state index in [1.165, 1.54) is 0 Å². The van der Waals surface area contributed by atoms with Crippen LogP contribution < -0.4 is 19.5 Å². The fourth-order valence-electron chi connectivity index (χ4n) is 2.61. The van der Waals surface area contributed by atoms with Gasteiger partial charge in [0.1, 0.15) is 6.10 Å². The zero-order valence-corrected chi connectivity index (χ0v) is 11.3. The van der Waals surface area contributed by atoms with Crippen LogP contribution in [-0.4, -0.2) is 24.4 Å². The van der Waals surface area contributed by atoms with Crippen molar-refractivity contribution in [2.75, 3.05) is 13.3 Å². The Morgan fingerprint density at radius 1 is 1.25 bits per heavy atom. The van der Waals surface area contributed by atoms with E-state index in [0.717, 1.165) is 53.4 Å². The van der Waals surface area contributed by atoms with Gasteiger partial charge in [0.05, 0.1) is 5.52 Å². The normalized spacial score (nSPS) is 20.4. The third-order valence-electron chi connectivity index (χ3n) is 3.77. The molecule has 4 rings (SSSR count). The highest BCUT2D eigenvalue weighted by Gasteiger charge is 2.20. The maximum atomic E-state index is 5.99. The van der Waals surface area contributed by atoms with Crippen molar-refractivity contribution in [3.8, 4) is 17.4 Å². The van der Waals surface area contributed by atoms with Crippen molar-refractivity contribution in [1.29, 1.82) is 0 Å². The van der Waals surface area contributed by atoms with Gasteiger partial charge in [-0.2, -0.15) is 0 Å². The maximum absolute atomic E-state index is 5.99. The Morgan fingerprint density at radius 2 is 2.10 bits per heavy atom. The van der Waals surface area contributed by atoms with Crippen LogP contribution >= 0.6 is 0 Å². The van der Waals surface area contributed by atoms with Crippen LogP contribution in [0.1, 0.15) is 18.9 Å². The van der Waals surface area contributed by atoms with Gasteiger partial charge in [-0.25, -0.2) is 4.98 Å². The monoisotopic (exact) mass is 272 g/mol. The quantitative estimate of drug-likeness (QED) is 0.862. The van der Waals surface area contributed by atoms with E-state index < -0.39 is 0 Å². The molecule has 0 fully saturated rings. The lowest BCUT2D eigenvalue weighted by atomic mass is 10.1. The van der Waals surface area contributed by atoms with Crippen molar-refractivity contribution in [1.82, 2.24) is 10.3 Å². The van der Waals surface area contributed by atoms with E-state index in [9.17, 15) is 0 Å². The van der Waals surface area contributed by atoms with Crippen LogP contribution in [-0.2, 0) is 6.54 Å². The van der Waals surface area contributed by atoms with Gasteiger partial charge >= 0.3 is 0 Å². The van der Waals surface area contributed by atoms with E-state index in [0.29, 0.717) is 0 Å². The van der Waals surface area contributed by atoms with Crippen LogP contribution in [0.4, 0.5) is 0 Å². The highest BCUT2D eigenvalue weighted by molar-refractivity contribution is 5.84. The number of benzene rings is 1. The largest absolute Gasteiger partial charge is 0.473 e. The molecule has 0 saturated heterocycles. The molecule has 2 aliphatic rings. The molecule has 0 amide bonds. The molecule has 20 heavy (non-hydrogen) atoms. The van der Waals surface area contributed by atoms with Crippen molar-refractivity contribution in [2.45, 2.75) is 26.0 Å². The third-order valence-corrected chi connectivity index (χ3v) is 3.77. The number of rotatable bonds is 1. The zero-order valence-electron chi connectivity index (χ0n) is 11.3. The summed E-state index contributed by atoms with van der Waals surface area (Å²) in [6, 6.07) is 6.01. The van der Waals surface area contributed by atoms with Gasteiger partial charge in [0.2, 0.25) is 12.7 Å². The zero-order chi connectivity index (χ0) is 13.5. The van der Waals surface area contributed by atoms with E-state index >= 15 is 0 Å². The molecule has 1 aromatic heterocycles. The van der Waals surface area contributed by atoms with E-state index in [2.05, 4.69) is 23.3 Å². The SMILES string of the molecule is CCC1CNCc2cc3cc4c(cc3nc2O1)OCO4. The first-order valence-corrected chi connectivity index (χ1v) is 6.94. The highest BCUT2D eigenvalue weighted by atomic mass is 16.7. The summed E-state index contributed by atoms with van der Waals surface area (Å²) in [5.74, 6) is 2.27. The van der Waals surface area contributed by atoms with Crippen LogP contribution in [0.15, 0.2) is 18.2 Å². The summed E-state index contributed by atoms with van der Waals surface area (Å²) >= 11 is 0. The first kappa shape index (κ1) is 11.8. The predicted octanol–water partition coefficient (Wildman–Crippen LogP) is 2.22. The first-order chi connectivity index (χ1) is 9.83. The highest BCUT2D eigenvalue weighted by Crippen LogP contribution is 2.37. The standard InChI is InChI=1S/C15H16N2O3/c1-2-11-7-16-6-10-3-9-4-13-14(19-8-18-13)5-12(9)17-15(10)20-11/h3-5,11,16H,2,6-8H2,1H3. The summed E-state index contributed by atoms with van der Waals surface area (Å²) in [4.78, 5) is 4.65. The maximum Gasteiger partial charge on any atom is 0.231 e. The third kappa shape index (κ3) is 1.86. The van der Waals surface area contributed by atoms with E-state index in [-0.39, 0.29) is 12.9 Å². The Bertz CT molecular complexity index is 672. The molecule has 104 valence electrons. The molecule has 0 spiro atoms. The van der Waals surface area contributed by atoms with Gasteiger partial charge in [-0.05, 0) is 18.6 Å². The second-order valence-electron chi connectivity index (χ2n) is 5.13. The molecule has 0 saturated carbocycles. The minimum Gasteiger partial charge on any atom is -0.473 e. The van der Waals surface area contributed by atoms with Gasteiger partial charge in [-0.3, -0.25) is 0 Å². The predicted molar refractivity (Wildman–Crippen MR) is 74.3 cm³/mol. The molecule has 1 atom stereocenters. The van der Waals surface area contributed by atoms with Crippen LogP contribution in [0, 0.1) is 0 Å². The minimum absolute atomic E-state index is 0.176. The first-order valence-electron chi connectivity index (χ1n) is 6.94. The molecule has 1 N–H and O–H groups in total. The van der Waals surface area contributed by atoms with Crippen LogP contribution in [0.25, 0.3) is 10.9 Å². The summed E-state index contributed by atoms with van der Waals surface area (Å²) in [5, 5.41) is 4.45. The Hall–Kier alpha value is -2.01. The molecule has 2 aliphatic heterocycles. The summed E-state index contributed by atoms with van der Waals surface area (Å²) in [6.45, 7) is 4.03. The average molecular weight is 272 g/mol. The van der Waals surface area contributed by atoms with Gasteiger partial charge < -0.3 is 19.5 Å². The second kappa shape index (κ2) is 4.52. The van der Waals surface area contributed by atoms with Crippen molar-refractivity contribution < 1.29 is 14.2 Å². The number of ether oxygens (including phenoxy) is 3. The minimum atomic E-state index is 0.176. The Kier molecular flexibility index (Phi) is 2.67. The molecule has 0 bridgehead atoms. The van der Waals surface area contributed by atoms with Crippen LogP contribution in [0.2, 0.25) is 0 Å². The fourth-order valence-corrected chi connectivity index (χ4v) is 2.61. The van der Waals surface area contributed by atoms with Gasteiger partial charge in [0, 0.05) is 30.1 Å². The summed E-state index contributed by atoms with van der Waals surface area (Å²) in [5.41, 5.74) is 1.97. The lowest BCUT2D eigenvalue weighted by Crippen LogP contribution is -2.27. The van der Waals surface area contributed by atoms with Gasteiger partial charge in [0.25, 0.3) is 0 Å². The second-order valence-corrected chi connectivity index (χ2v) is 5.13. The molecule has 5 nitrogen and oxygen atoms in total. The molecule has 3 heterocycles. The fraction of sp³-hybridized carbons (Fsp3) is 0.400. The van der Waals surface area contributed by atoms with Crippen molar-refractivity contribution in [3.63, 3.8) is 0 Å². The topological polar surface area (TPSA) is 52.6 Å². The Balaban J connectivity index is 1.84. The number of nitrogens with one attached hydrogen (secondary N) is 1. The van der Waals surface area contributed by atoms with E-state index in [1.54, 1.807) is 0 Å². The van der Waals surface area contributed by atoms with Crippen molar-refractivity contribution >= 4 is 10.9 Å². The number of hydrogen-bond acceptors (Lipinski definition) is 5.